The van der Waals surface area contributed by atoms with E-state index in [2.05, 4.69) is 42.6 Å². The van der Waals surface area contributed by atoms with Crippen molar-refractivity contribution in [3.63, 3.8) is 0 Å². The normalized spacial score (nSPS) is 18.2. The van der Waals surface area contributed by atoms with Crippen molar-refractivity contribution < 1.29 is 4.74 Å². The predicted molar refractivity (Wildman–Crippen MR) is 80.5 cm³/mol. The summed E-state index contributed by atoms with van der Waals surface area (Å²) in [5, 5.41) is 3.69. The van der Waals surface area contributed by atoms with Gasteiger partial charge < -0.3 is 10.1 Å². The van der Waals surface area contributed by atoms with Crippen LogP contribution in [-0.2, 0) is 4.74 Å². The SMILES string of the molecule is COCCC(C)CC(CNC1CC1)c1ccccc1. The Hall–Kier alpha value is -0.860. The first kappa shape index (κ1) is 14.5. The van der Waals surface area contributed by atoms with Crippen LogP contribution in [0.3, 0.4) is 0 Å². The van der Waals surface area contributed by atoms with Gasteiger partial charge in [0.25, 0.3) is 0 Å². The van der Waals surface area contributed by atoms with Crippen molar-refractivity contribution in [1.29, 1.82) is 0 Å². The van der Waals surface area contributed by atoms with Gasteiger partial charge in [-0.2, -0.15) is 0 Å². The van der Waals surface area contributed by atoms with Crippen LogP contribution >= 0.6 is 0 Å². The van der Waals surface area contributed by atoms with Gasteiger partial charge in [-0.15, -0.1) is 0 Å². The minimum atomic E-state index is 0.633. The van der Waals surface area contributed by atoms with Gasteiger partial charge in [-0.1, -0.05) is 37.3 Å². The predicted octanol–water partition coefficient (Wildman–Crippen LogP) is 3.58. The van der Waals surface area contributed by atoms with Crippen LogP contribution in [0.5, 0.6) is 0 Å². The van der Waals surface area contributed by atoms with Crippen molar-refractivity contribution in [2.75, 3.05) is 20.3 Å². The number of methoxy groups -OCH3 is 1. The van der Waals surface area contributed by atoms with Gasteiger partial charge in [0.1, 0.15) is 0 Å². The van der Waals surface area contributed by atoms with Crippen LogP contribution in [0.4, 0.5) is 0 Å². The molecule has 1 N–H and O–H groups in total. The number of rotatable bonds is 9. The fourth-order valence-corrected chi connectivity index (χ4v) is 2.58. The third-order valence-electron chi connectivity index (χ3n) is 4.00. The van der Waals surface area contributed by atoms with E-state index in [4.69, 9.17) is 4.74 Å². The summed E-state index contributed by atoms with van der Waals surface area (Å²) in [4.78, 5) is 0. The number of ether oxygens (including phenoxy) is 1. The third-order valence-corrected chi connectivity index (χ3v) is 4.00. The fourth-order valence-electron chi connectivity index (χ4n) is 2.58. The molecular weight excluding hydrogens is 234 g/mol. The molecule has 1 saturated carbocycles. The topological polar surface area (TPSA) is 21.3 Å². The second-order valence-electron chi connectivity index (χ2n) is 5.91. The number of nitrogens with one attached hydrogen (secondary N) is 1. The van der Waals surface area contributed by atoms with Gasteiger partial charge in [0.15, 0.2) is 0 Å². The van der Waals surface area contributed by atoms with Crippen LogP contribution in [0.1, 0.15) is 44.1 Å². The van der Waals surface area contributed by atoms with Crippen LogP contribution in [-0.4, -0.2) is 26.3 Å². The smallest absolute Gasteiger partial charge is 0.0464 e. The second-order valence-corrected chi connectivity index (χ2v) is 5.91. The highest BCUT2D eigenvalue weighted by molar-refractivity contribution is 5.20. The molecule has 1 aliphatic carbocycles. The van der Waals surface area contributed by atoms with Crippen molar-refractivity contribution in [2.24, 2.45) is 5.92 Å². The largest absolute Gasteiger partial charge is 0.385 e. The molecule has 1 fully saturated rings. The molecule has 0 aromatic heterocycles. The van der Waals surface area contributed by atoms with Crippen molar-refractivity contribution >= 4 is 0 Å². The molecule has 2 heteroatoms. The molecule has 1 aromatic carbocycles. The van der Waals surface area contributed by atoms with Crippen LogP contribution < -0.4 is 5.32 Å². The lowest BCUT2D eigenvalue weighted by Gasteiger charge is -2.22. The van der Waals surface area contributed by atoms with Crippen LogP contribution in [0.25, 0.3) is 0 Å². The van der Waals surface area contributed by atoms with Gasteiger partial charge in [0.2, 0.25) is 0 Å². The minimum absolute atomic E-state index is 0.633. The van der Waals surface area contributed by atoms with Gasteiger partial charge in [-0.25, -0.2) is 0 Å². The standard InChI is InChI=1S/C17H27NO/c1-14(10-11-19-2)12-16(13-18-17-8-9-17)15-6-4-3-5-7-15/h3-7,14,16-18H,8-13H2,1-2H3. The summed E-state index contributed by atoms with van der Waals surface area (Å²) >= 11 is 0. The van der Waals surface area contributed by atoms with Crippen LogP contribution in [0.15, 0.2) is 30.3 Å². The Morgan fingerprint density at radius 1 is 1.26 bits per heavy atom. The number of hydrogen-bond donors (Lipinski definition) is 1. The van der Waals surface area contributed by atoms with E-state index in [9.17, 15) is 0 Å². The van der Waals surface area contributed by atoms with Crippen molar-refractivity contribution in [3.05, 3.63) is 35.9 Å². The first-order valence-electron chi connectivity index (χ1n) is 7.57. The maximum Gasteiger partial charge on any atom is 0.0464 e. The third kappa shape index (κ3) is 5.33. The lowest BCUT2D eigenvalue weighted by molar-refractivity contribution is 0.176. The molecule has 0 heterocycles. The molecule has 1 aromatic rings. The van der Waals surface area contributed by atoms with E-state index in [1.165, 1.54) is 24.8 Å². The maximum atomic E-state index is 5.19. The Balaban J connectivity index is 1.88. The van der Waals surface area contributed by atoms with E-state index in [-0.39, 0.29) is 0 Å². The van der Waals surface area contributed by atoms with E-state index >= 15 is 0 Å². The van der Waals surface area contributed by atoms with Crippen molar-refractivity contribution in [2.45, 2.75) is 44.6 Å². The first-order chi connectivity index (χ1) is 9.29. The molecule has 0 bridgehead atoms. The molecule has 106 valence electrons. The lowest BCUT2D eigenvalue weighted by atomic mass is 9.88. The molecule has 1 aliphatic rings. The first-order valence-corrected chi connectivity index (χ1v) is 7.57. The van der Waals surface area contributed by atoms with Crippen molar-refractivity contribution in [3.8, 4) is 0 Å². The Labute approximate surface area is 117 Å². The zero-order valence-electron chi connectivity index (χ0n) is 12.3. The Morgan fingerprint density at radius 3 is 2.63 bits per heavy atom. The fraction of sp³-hybridized carbons (Fsp3) is 0.647. The summed E-state index contributed by atoms with van der Waals surface area (Å²) in [5.41, 5.74) is 1.47. The second kappa shape index (κ2) is 7.66. The lowest BCUT2D eigenvalue weighted by Crippen LogP contribution is -2.25. The zero-order chi connectivity index (χ0) is 13.5. The van der Waals surface area contributed by atoms with Crippen LogP contribution in [0.2, 0.25) is 0 Å². The highest BCUT2D eigenvalue weighted by Crippen LogP contribution is 2.27. The van der Waals surface area contributed by atoms with Gasteiger partial charge >= 0.3 is 0 Å². The Bertz CT molecular complexity index is 348. The molecule has 19 heavy (non-hydrogen) atoms. The summed E-state index contributed by atoms with van der Waals surface area (Å²) < 4.78 is 5.19. The number of benzene rings is 1. The molecule has 0 amide bonds. The maximum absolute atomic E-state index is 5.19. The van der Waals surface area contributed by atoms with Gasteiger partial charge in [0, 0.05) is 26.3 Å². The van der Waals surface area contributed by atoms with Crippen LogP contribution in [0, 0.1) is 5.92 Å². The highest BCUT2D eigenvalue weighted by Gasteiger charge is 2.23. The molecule has 2 atom stereocenters. The quantitative estimate of drug-likeness (QED) is 0.733. The summed E-state index contributed by atoms with van der Waals surface area (Å²) in [6, 6.07) is 11.7. The molecule has 0 spiro atoms. The highest BCUT2D eigenvalue weighted by atomic mass is 16.5. The van der Waals surface area contributed by atoms with E-state index in [0.717, 1.165) is 25.6 Å². The molecule has 0 radical (unpaired) electrons. The van der Waals surface area contributed by atoms with E-state index in [1.807, 2.05) is 0 Å². The molecule has 2 unspecified atom stereocenters. The van der Waals surface area contributed by atoms with Gasteiger partial charge in [-0.3, -0.25) is 0 Å². The molecule has 0 saturated heterocycles. The number of hydrogen-bond acceptors (Lipinski definition) is 2. The van der Waals surface area contributed by atoms with Gasteiger partial charge in [0.05, 0.1) is 0 Å². The van der Waals surface area contributed by atoms with Crippen molar-refractivity contribution in [1.82, 2.24) is 5.32 Å². The summed E-state index contributed by atoms with van der Waals surface area (Å²) in [6.45, 7) is 4.33. The summed E-state index contributed by atoms with van der Waals surface area (Å²) in [5.74, 6) is 1.35. The average molecular weight is 261 g/mol. The monoisotopic (exact) mass is 261 g/mol. The molecule has 2 nitrogen and oxygen atoms in total. The van der Waals surface area contributed by atoms with Gasteiger partial charge in [-0.05, 0) is 43.1 Å². The average Bonchev–Trinajstić information content (AvgIpc) is 3.26. The molecule has 0 aliphatic heterocycles. The minimum Gasteiger partial charge on any atom is -0.385 e. The molecular formula is C17H27NO. The Morgan fingerprint density at radius 2 is 2.00 bits per heavy atom. The van der Waals surface area contributed by atoms with E-state index in [0.29, 0.717) is 11.8 Å². The Kier molecular flexibility index (Phi) is 5.87. The summed E-state index contributed by atoms with van der Waals surface area (Å²) in [6.07, 6.45) is 5.12. The van der Waals surface area contributed by atoms with E-state index in [1.54, 1.807) is 7.11 Å². The zero-order valence-corrected chi connectivity index (χ0v) is 12.3. The van der Waals surface area contributed by atoms with E-state index < -0.39 is 0 Å². The summed E-state index contributed by atoms with van der Waals surface area (Å²) in [7, 11) is 1.79. The molecule has 2 rings (SSSR count).